The van der Waals surface area contributed by atoms with Crippen LogP contribution < -0.4 is 5.32 Å². The highest BCUT2D eigenvalue weighted by Crippen LogP contribution is 2.27. The summed E-state index contributed by atoms with van der Waals surface area (Å²) in [4.78, 5) is 10.6. The Balaban J connectivity index is 1.78. The molecule has 1 aromatic heterocycles. The molecule has 0 amide bonds. The summed E-state index contributed by atoms with van der Waals surface area (Å²) in [5.41, 5.74) is 5.49. The van der Waals surface area contributed by atoms with Crippen LogP contribution in [0.3, 0.4) is 0 Å². The number of aromatic nitrogens is 2. The van der Waals surface area contributed by atoms with Gasteiger partial charge in [0.15, 0.2) is 0 Å². The van der Waals surface area contributed by atoms with Crippen molar-refractivity contribution < 1.29 is 14.3 Å². The quantitative estimate of drug-likeness (QED) is 0.415. The lowest BCUT2D eigenvalue weighted by Gasteiger charge is -2.09. The first-order valence-corrected chi connectivity index (χ1v) is 10.7. The van der Waals surface area contributed by atoms with Crippen molar-refractivity contribution in [2.24, 2.45) is 0 Å². The molecule has 6 nitrogen and oxygen atoms in total. The topological polar surface area (TPSA) is 88.2 Å². The Kier molecular flexibility index (Phi) is 8.12. The molecule has 3 aromatic rings. The number of carbonyl (C=O) groups is 1. The molecule has 31 heavy (non-hydrogen) atoms. The largest absolute Gasteiger partial charge is 0.481 e. The molecule has 1 heterocycles. The van der Waals surface area contributed by atoms with Crippen LogP contribution in [0, 0.1) is 0 Å². The van der Waals surface area contributed by atoms with Gasteiger partial charge in [0.2, 0.25) is 11.8 Å². The van der Waals surface area contributed by atoms with Crippen LogP contribution in [-0.4, -0.2) is 27.8 Å². The number of carboxylic acid groups (broad SMARTS) is 1. The van der Waals surface area contributed by atoms with E-state index in [-0.39, 0.29) is 6.42 Å². The second kappa shape index (κ2) is 11.2. The third-order valence-corrected chi connectivity index (χ3v) is 5.03. The highest BCUT2D eigenvalue weighted by Gasteiger charge is 2.13. The zero-order valence-corrected chi connectivity index (χ0v) is 18.1. The highest BCUT2D eigenvalue weighted by molar-refractivity contribution is 5.79. The number of allylic oxidation sites excluding steroid dienone is 1. The second-order valence-electron chi connectivity index (χ2n) is 7.40. The molecule has 0 fully saturated rings. The average Bonchev–Trinajstić information content (AvgIpc) is 3.25. The fraction of sp³-hybridized carbons (Fsp3) is 0.320. The van der Waals surface area contributed by atoms with Gasteiger partial charge in [-0.2, -0.15) is 0 Å². The molecule has 0 atom stereocenters. The van der Waals surface area contributed by atoms with E-state index in [0.717, 1.165) is 41.5 Å². The Morgan fingerprint density at radius 2 is 1.90 bits per heavy atom. The van der Waals surface area contributed by atoms with Crippen LogP contribution in [0.5, 0.6) is 0 Å². The van der Waals surface area contributed by atoms with E-state index in [1.165, 1.54) is 5.57 Å². The minimum atomic E-state index is -0.798. The molecule has 0 aliphatic carbocycles. The molecule has 2 N–H and O–H groups in total. The van der Waals surface area contributed by atoms with Crippen LogP contribution in [-0.2, 0) is 17.8 Å². The zero-order valence-electron chi connectivity index (χ0n) is 18.1. The maximum atomic E-state index is 10.6. The number of benzene rings is 2. The first kappa shape index (κ1) is 22.4. The van der Waals surface area contributed by atoms with Crippen LogP contribution >= 0.6 is 0 Å². The predicted molar refractivity (Wildman–Crippen MR) is 122 cm³/mol. The maximum Gasteiger partial charge on any atom is 0.304 e. The highest BCUT2D eigenvalue weighted by atomic mass is 16.4. The molecule has 162 valence electrons. The molecule has 3 rings (SSSR count). The number of aryl methyl sites for hydroxylation is 1. The van der Waals surface area contributed by atoms with Gasteiger partial charge in [0.1, 0.15) is 0 Å². The number of aliphatic carboxylic acids is 1. The SMILES string of the molecule is CCC/C(=C/c1nnc(-c2ccc(CNCCC(=O)O)cc2CC)o1)c1ccccc1. The normalized spacial score (nSPS) is 11.6. The fourth-order valence-corrected chi connectivity index (χ4v) is 3.46. The van der Waals surface area contributed by atoms with Crippen LogP contribution in [0.4, 0.5) is 0 Å². The Bertz CT molecular complexity index is 1030. The van der Waals surface area contributed by atoms with Crippen molar-refractivity contribution in [3.8, 4) is 11.5 Å². The first-order valence-electron chi connectivity index (χ1n) is 10.7. The molecule has 0 aliphatic rings. The van der Waals surface area contributed by atoms with E-state index in [1.807, 2.05) is 36.4 Å². The lowest BCUT2D eigenvalue weighted by Crippen LogP contribution is -2.17. The van der Waals surface area contributed by atoms with Crippen molar-refractivity contribution in [3.63, 3.8) is 0 Å². The van der Waals surface area contributed by atoms with Crippen molar-refractivity contribution in [1.82, 2.24) is 15.5 Å². The van der Waals surface area contributed by atoms with Gasteiger partial charge in [-0.1, -0.05) is 62.7 Å². The van der Waals surface area contributed by atoms with Crippen LogP contribution in [0.25, 0.3) is 23.1 Å². The molecule has 0 saturated carbocycles. The molecule has 0 aliphatic heterocycles. The van der Waals surface area contributed by atoms with Gasteiger partial charge in [0, 0.05) is 24.7 Å². The molecule has 0 spiro atoms. The number of nitrogens with one attached hydrogen (secondary N) is 1. The van der Waals surface area contributed by atoms with Crippen molar-refractivity contribution in [1.29, 1.82) is 0 Å². The van der Waals surface area contributed by atoms with Gasteiger partial charge >= 0.3 is 5.97 Å². The Morgan fingerprint density at radius 1 is 1.10 bits per heavy atom. The van der Waals surface area contributed by atoms with E-state index in [0.29, 0.717) is 24.9 Å². The number of nitrogens with zero attached hydrogens (tertiary/aromatic N) is 2. The molecule has 0 saturated heterocycles. The van der Waals surface area contributed by atoms with Crippen molar-refractivity contribution >= 4 is 17.6 Å². The van der Waals surface area contributed by atoms with E-state index >= 15 is 0 Å². The van der Waals surface area contributed by atoms with Gasteiger partial charge in [0.05, 0.1) is 6.42 Å². The van der Waals surface area contributed by atoms with Crippen LogP contribution in [0.2, 0.25) is 0 Å². The summed E-state index contributed by atoms with van der Waals surface area (Å²) >= 11 is 0. The minimum absolute atomic E-state index is 0.111. The van der Waals surface area contributed by atoms with Crippen molar-refractivity contribution in [2.75, 3.05) is 6.54 Å². The first-order chi connectivity index (χ1) is 15.1. The number of carboxylic acids is 1. The standard InChI is InChI=1S/C25H29N3O3/c1-3-8-21(20-9-6-5-7-10-20)16-23-27-28-25(31-23)22-12-11-18(15-19(22)4-2)17-26-14-13-24(29)30/h5-7,9-12,15-16,26H,3-4,8,13-14,17H2,1-2H3,(H,29,30)/b21-16-. The Labute approximate surface area is 183 Å². The van der Waals surface area contributed by atoms with Gasteiger partial charge in [-0.15, -0.1) is 10.2 Å². The Morgan fingerprint density at radius 3 is 2.61 bits per heavy atom. The molecule has 0 unspecified atom stereocenters. The summed E-state index contributed by atoms with van der Waals surface area (Å²) in [5, 5.41) is 20.4. The number of rotatable bonds is 11. The molecule has 2 aromatic carbocycles. The zero-order chi connectivity index (χ0) is 22.1. The molecule has 6 heteroatoms. The molecular weight excluding hydrogens is 390 g/mol. The molecule has 0 bridgehead atoms. The van der Waals surface area contributed by atoms with Gasteiger partial charge < -0.3 is 14.8 Å². The summed E-state index contributed by atoms with van der Waals surface area (Å²) in [6.45, 7) is 5.31. The summed E-state index contributed by atoms with van der Waals surface area (Å²) in [6, 6.07) is 16.4. The number of hydrogen-bond donors (Lipinski definition) is 2. The van der Waals surface area contributed by atoms with Gasteiger partial charge in [-0.05, 0) is 41.2 Å². The Hall–Kier alpha value is -3.25. The summed E-state index contributed by atoms with van der Waals surface area (Å²) < 4.78 is 6.00. The fourth-order valence-electron chi connectivity index (χ4n) is 3.46. The van der Waals surface area contributed by atoms with Gasteiger partial charge in [-0.25, -0.2) is 0 Å². The van der Waals surface area contributed by atoms with E-state index in [1.54, 1.807) is 0 Å². The minimum Gasteiger partial charge on any atom is -0.481 e. The van der Waals surface area contributed by atoms with E-state index in [9.17, 15) is 4.79 Å². The lowest BCUT2D eigenvalue weighted by molar-refractivity contribution is -0.136. The third kappa shape index (κ3) is 6.36. The lowest BCUT2D eigenvalue weighted by atomic mass is 10.0. The van der Waals surface area contributed by atoms with E-state index in [4.69, 9.17) is 9.52 Å². The summed E-state index contributed by atoms with van der Waals surface area (Å²) in [5.74, 6) is 0.217. The van der Waals surface area contributed by atoms with E-state index < -0.39 is 5.97 Å². The average molecular weight is 420 g/mol. The molecular formula is C25H29N3O3. The number of hydrogen-bond acceptors (Lipinski definition) is 5. The van der Waals surface area contributed by atoms with Gasteiger partial charge in [-0.3, -0.25) is 4.79 Å². The van der Waals surface area contributed by atoms with Crippen molar-refractivity contribution in [3.05, 3.63) is 71.1 Å². The van der Waals surface area contributed by atoms with E-state index in [2.05, 4.69) is 47.6 Å². The smallest absolute Gasteiger partial charge is 0.304 e. The van der Waals surface area contributed by atoms with Crippen LogP contribution in [0.1, 0.15) is 55.7 Å². The van der Waals surface area contributed by atoms with Gasteiger partial charge in [0.25, 0.3) is 0 Å². The second-order valence-corrected chi connectivity index (χ2v) is 7.40. The van der Waals surface area contributed by atoms with Crippen LogP contribution in [0.15, 0.2) is 52.9 Å². The maximum absolute atomic E-state index is 10.6. The third-order valence-electron chi connectivity index (χ3n) is 5.03. The predicted octanol–water partition coefficient (Wildman–Crippen LogP) is 5.20. The van der Waals surface area contributed by atoms with Crippen molar-refractivity contribution in [2.45, 2.75) is 46.1 Å². The summed E-state index contributed by atoms with van der Waals surface area (Å²) in [6.07, 6.45) is 4.88. The molecule has 0 radical (unpaired) electrons. The monoisotopic (exact) mass is 419 g/mol. The summed E-state index contributed by atoms with van der Waals surface area (Å²) in [7, 11) is 0.